The molecule has 0 bridgehead atoms. The van der Waals surface area contributed by atoms with Gasteiger partial charge in [-0.2, -0.15) is 0 Å². The lowest BCUT2D eigenvalue weighted by Gasteiger charge is -2.29. The highest BCUT2D eigenvalue weighted by Crippen LogP contribution is 2.22. The summed E-state index contributed by atoms with van der Waals surface area (Å²) in [5, 5.41) is 3.42. The lowest BCUT2D eigenvalue weighted by molar-refractivity contribution is -0.140. The van der Waals surface area contributed by atoms with Crippen molar-refractivity contribution in [1.82, 2.24) is 10.2 Å². The average Bonchev–Trinajstić information content (AvgIpc) is 2.82. The van der Waals surface area contributed by atoms with Crippen LogP contribution < -0.4 is 14.4 Å². The number of carbonyl (C=O) groups is 2. The van der Waals surface area contributed by atoms with Crippen molar-refractivity contribution in [1.29, 1.82) is 0 Å². The number of sulfonamides is 1. The number of hydrogen-bond acceptors (Lipinski definition) is 5. The van der Waals surface area contributed by atoms with Gasteiger partial charge in [0, 0.05) is 31.1 Å². The topological polar surface area (TPSA) is 96.0 Å². The quantitative estimate of drug-likeness (QED) is 0.415. The van der Waals surface area contributed by atoms with Crippen LogP contribution >= 0.6 is 11.6 Å². The van der Waals surface area contributed by atoms with Gasteiger partial charge < -0.3 is 15.0 Å². The molecule has 0 aromatic heterocycles. The summed E-state index contributed by atoms with van der Waals surface area (Å²) >= 11 is 6.12. The molecule has 0 radical (unpaired) electrons. The Kier molecular flexibility index (Phi) is 11.0. The molecule has 2 amide bonds. The van der Waals surface area contributed by atoms with Gasteiger partial charge in [0.05, 0.1) is 19.1 Å². The minimum atomic E-state index is -3.57. The first-order valence-electron chi connectivity index (χ1n) is 11.9. The summed E-state index contributed by atoms with van der Waals surface area (Å²) in [6.45, 7) is 6.53. The van der Waals surface area contributed by atoms with Gasteiger partial charge >= 0.3 is 0 Å². The molecule has 198 valence electrons. The Labute approximate surface area is 219 Å². The van der Waals surface area contributed by atoms with Crippen molar-refractivity contribution in [2.45, 2.75) is 46.2 Å². The zero-order chi connectivity index (χ0) is 26.9. The molecule has 0 spiro atoms. The fourth-order valence-corrected chi connectivity index (χ4v) is 4.80. The van der Waals surface area contributed by atoms with Crippen molar-refractivity contribution >= 4 is 39.1 Å². The first kappa shape index (κ1) is 29.5. The molecule has 2 aromatic rings. The Balaban J connectivity index is 2.15. The van der Waals surface area contributed by atoms with Crippen LogP contribution in [-0.2, 0) is 26.2 Å². The third-order valence-electron chi connectivity index (χ3n) is 5.61. The van der Waals surface area contributed by atoms with Crippen LogP contribution in [0.3, 0.4) is 0 Å². The number of benzene rings is 2. The molecule has 8 nitrogen and oxygen atoms in total. The molecule has 36 heavy (non-hydrogen) atoms. The second-order valence-electron chi connectivity index (χ2n) is 9.10. The highest BCUT2D eigenvalue weighted by Gasteiger charge is 2.26. The predicted octanol–water partition coefficient (Wildman–Crippen LogP) is 4.08. The van der Waals surface area contributed by atoms with Crippen molar-refractivity contribution in [2.75, 3.05) is 30.8 Å². The zero-order valence-corrected chi connectivity index (χ0v) is 23.1. The molecule has 0 unspecified atom stereocenters. The average molecular weight is 538 g/mol. The number of carbonyl (C=O) groups excluding carboxylic acids is 2. The number of nitrogens with one attached hydrogen (secondary N) is 1. The van der Waals surface area contributed by atoms with Crippen LogP contribution in [-0.4, -0.2) is 57.6 Å². The molecule has 1 atom stereocenters. The third kappa shape index (κ3) is 9.02. The fourth-order valence-electron chi connectivity index (χ4n) is 3.62. The molecule has 1 N–H and O–H groups in total. The van der Waals surface area contributed by atoms with E-state index in [9.17, 15) is 18.0 Å². The van der Waals surface area contributed by atoms with Crippen LogP contribution in [0.25, 0.3) is 0 Å². The van der Waals surface area contributed by atoms with E-state index < -0.39 is 16.1 Å². The van der Waals surface area contributed by atoms with E-state index in [0.717, 1.165) is 11.8 Å². The Morgan fingerprint density at radius 3 is 2.31 bits per heavy atom. The van der Waals surface area contributed by atoms with Gasteiger partial charge in [0.25, 0.3) is 0 Å². The number of ether oxygens (including phenoxy) is 1. The van der Waals surface area contributed by atoms with Crippen LogP contribution in [0.4, 0.5) is 5.69 Å². The summed E-state index contributed by atoms with van der Waals surface area (Å²) < 4.78 is 31.3. The minimum absolute atomic E-state index is 0.0739. The largest absolute Gasteiger partial charge is 0.497 e. The van der Waals surface area contributed by atoms with Gasteiger partial charge in [-0.3, -0.25) is 13.9 Å². The normalized spacial score (nSPS) is 12.2. The van der Waals surface area contributed by atoms with Crippen LogP contribution in [0.15, 0.2) is 48.5 Å². The van der Waals surface area contributed by atoms with E-state index in [1.807, 2.05) is 19.9 Å². The van der Waals surface area contributed by atoms with E-state index in [4.69, 9.17) is 16.3 Å². The summed E-state index contributed by atoms with van der Waals surface area (Å²) in [5.41, 5.74) is 1.29. The van der Waals surface area contributed by atoms with E-state index in [1.165, 1.54) is 16.3 Å². The minimum Gasteiger partial charge on any atom is -0.497 e. The van der Waals surface area contributed by atoms with E-state index in [-0.39, 0.29) is 43.7 Å². The highest BCUT2D eigenvalue weighted by molar-refractivity contribution is 7.92. The molecule has 0 aliphatic rings. The number of rotatable bonds is 13. The van der Waals surface area contributed by atoms with Crippen LogP contribution in [0, 0.1) is 5.92 Å². The van der Waals surface area contributed by atoms with Crippen molar-refractivity contribution in [3.63, 3.8) is 0 Å². The summed E-state index contributed by atoms with van der Waals surface area (Å²) in [6.07, 6.45) is 1.49. The number of nitrogens with zero attached hydrogens (tertiary/aromatic N) is 2. The summed E-state index contributed by atoms with van der Waals surface area (Å²) in [5.74, 6) is 0.405. The first-order valence-corrected chi connectivity index (χ1v) is 14.1. The smallest absolute Gasteiger partial charge is 0.242 e. The molecular weight excluding hydrogens is 502 g/mol. The first-order chi connectivity index (χ1) is 16.9. The van der Waals surface area contributed by atoms with Crippen molar-refractivity contribution in [3.8, 4) is 5.75 Å². The molecule has 0 saturated heterocycles. The summed E-state index contributed by atoms with van der Waals surface area (Å²) in [7, 11) is -2.03. The molecule has 0 saturated carbocycles. The molecule has 10 heteroatoms. The second-order valence-corrected chi connectivity index (χ2v) is 11.4. The number of hydrogen-bond donors (Lipinski definition) is 1. The van der Waals surface area contributed by atoms with Crippen LogP contribution in [0.2, 0.25) is 5.02 Å². The van der Waals surface area contributed by atoms with Gasteiger partial charge in [-0.15, -0.1) is 0 Å². The van der Waals surface area contributed by atoms with E-state index in [1.54, 1.807) is 49.4 Å². The molecule has 0 fully saturated rings. The maximum Gasteiger partial charge on any atom is 0.242 e. The zero-order valence-electron chi connectivity index (χ0n) is 21.5. The second kappa shape index (κ2) is 13.5. The fraction of sp³-hybridized carbons (Fsp3) is 0.462. The maximum absolute atomic E-state index is 13.3. The molecule has 2 aromatic carbocycles. The third-order valence-corrected chi connectivity index (χ3v) is 7.04. The van der Waals surface area contributed by atoms with Gasteiger partial charge in [0.1, 0.15) is 11.8 Å². The molecular formula is C26H36ClN3O5S. The maximum atomic E-state index is 13.3. The van der Waals surface area contributed by atoms with E-state index in [2.05, 4.69) is 5.32 Å². The van der Waals surface area contributed by atoms with Crippen LogP contribution in [0.5, 0.6) is 5.75 Å². The van der Waals surface area contributed by atoms with Gasteiger partial charge in [-0.05, 0) is 61.2 Å². The number of amides is 2. The number of methoxy groups -OCH3 is 1. The van der Waals surface area contributed by atoms with Gasteiger partial charge in [-0.1, -0.05) is 37.6 Å². The predicted molar refractivity (Wildman–Crippen MR) is 144 cm³/mol. The Hall–Kier alpha value is -2.78. The molecule has 0 heterocycles. The van der Waals surface area contributed by atoms with Crippen molar-refractivity contribution in [3.05, 3.63) is 59.1 Å². The molecule has 0 aliphatic heterocycles. The van der Waals surface area contributed by atoms with E-state index >= 15 is 0 Å². The summed E-state index contributed by atoms with van der Waals surface area (Å²) in [4.78, 5) is 27.6. The van der Waals surface area contributed by atoms with Gasteiger partial charge in [0.15, 0.2) is 0 Å². The van der Waals surface area contributed by atoms with Crippen molar-refractivity contribution < 1.29 is 22.7 Å². The van der Waals surface area contributed by atoms with Crippen LogP contribution in [0.1, 0.15) is 39.2 Å². The van der Waals surface area contributed by atoms with Gasteiger partial charge in [-0.25, -0.2) is 8.42 Å². The van der Waals surface area contributed by atoms with E-state index in [0.29, 0.717) is 23.0 Å². The molecule has 0 aliphatic carbocycles. The monoisotopic (exact) mass is 537 g/mol. The SMILES string of the molecule is COc1ccc(N(CCCC(=O)N(Cc2cccc(Cl)c2)[C@H](C)C(=O)NCC(C)C)S(C)(=O)=O)cc1. The Morgan fingerprint density at radius 1 is 1.08 bits per heavy atom. The lowest BCUT2D eigenvalue weighted by atomic mass is 10.1. The lowest BCUT2D eigenvalue weighted by Crippen LogP contribution is -2.48. The number of anilines is 1. The Bertz CT molecular complexity index is 1120. The van der Waals surface area contributed by atoms with Gasteiger partial charge in [0.2, 0.25) is 21.8 Å². The van der Waals surface area contributed by atoms with Crippen molar-refractivity contribution in [2.24, 2.45) is 5.92 Å². The summed E-state index contributed by atoms with van der Waals surface area (Å²) in [6, 6.07) is 13.1. The number of halogens is 1. The molecule has 2 rings (SSSR count). The Morgan fingerprint density at radius 2 is 1.75 bits per heavy atom. The standard InChI is InChI=1S/C26H36ClN3O5S/c1-19(2)17-28-26(32)20(3)29(18-21-8-6-9-22(27)16-21)25(31)10-7-15-30(36(5,33)34)23-11-13-24(35-4)14-12-23/h6,8-9,11-14,16,19-20H,7,10,15,17-18H2,1-5H3,(H,28,32)/t20-/m1/s1. The highest BCUT2D eigenvalue weighted by atomic mass is 35.5.